The summed E-state index contributed by atoms with van der Waals surface area (Å²) in [5, 5.41) is 0. The van der Waals surface area contributed by atoms with Gasteiger partial charge in [0.05, 0.1) is 5.60 Å². The Labute approximate surface area is 138 Å². The summed E-state index contributed by atoms with van der Waals surface area (Å²) in [5.41, 5.74) is 0.123. The zero-order valence-corrected chi connectivity index (χ0v) is 13.3. The van der Waals surface area contributed by atoms with E-state index in [0.29, 0.717) is 24.9 Å². The van der Waals surface area contributed by atoms with E-state index in [9.17, 15) is 18.0 Å². The lowest BCUT2D eigenvalue weighted by Gasteiger charge is -2.27. The molecule has 2 saturated heterocycles. The second-order valence-electron chi connectivity index (χ2n) is 6.36. The third-order valence-corrected chi connectivity index (χ3v) is 4.73. The number of likely N-dealkylation sites (tertiary alicyclic amines) is 1. The molecule has 2 fully saturated rings. The summed E-state index contributed by atoms with van der Waals surface area (Å²) < 4.78 is 47.5. The first-order valence-electron chi connectivity index (χ1n) is 8.12. The molecule has 3 rings (SSSR count). The van der Waals surface area contributed by atoms with Crippen LogP contribution in [-0.2, 0) is 16.1 Å². The van der Waals surface area contributed by atoms with Crippen molar-refractivity contribution in [1.82, 2.24) is 4.90 Å². The van der Waals surface area contributed by atoms with E-state index in [4.69, 9.17) is 4.74 Å². The van der Waals surface area contributed by atoms with Gasteiger partial charge in [0.25, 0.3) is 0 Å². The minimum atomic E-state index is -4.75. The largest absolute Gasteiger partial charge is 0.573 e. The van der Waals surface area contributed by atoms with Gasteiger partial charge < -0.3 is 14.4 Å². The van der Waals surface area contributed by atoms with Crippen molar-refractivity contribution < 1.29 is 27.4 Å². The van der Waals surface area contributed by atoms with Gasteiger partial charge in [0.2, 0.25) is 5.91 Å². The second-order valence-corrected chi connectivity index (χ2v) is 6.36. The predicted molar refractivity (Wildman–Crippen MR) is 80.3 cm³/mol. The predicted octanol–water partition coefficient (Wildman–Crippen LogP) is 3.65. The molecule has 132 valence electrons. The minimum Gasteiger partial charge on any atom is -0.405 e. The van der Waals surface area contributed by atoms with Crippen LogP contribution in [0.5, 0.6) is 5.75 Å². The van der Waals surface area contributed by atoms with Gasteiger partial charge in [-0.25, -0.2) is 0 Å². The second kappa shape index (κ2) is 6.63. The van der Waals surface area contributed by atoms with Crippen LogP contribution in [0.4, 0.5) is 13.2 Å². The molecule has 1 amide bonds. The number of carbonyl (C=O) groups is 1. The first-order chi connectivity index (χ1) is 11.4. The van der Waals surface area contributed by atoms with E-state index in [0.717, 1.165) is 25.9 Å². The number of nitrogens with zero attached hydrogens (tertiary/aromatic N) is 1. The number of halogens is 3. The number of para-hydroxylation sites is 1. The van der Waals surface area contributed by atoms with Gasteiger partial charge >= 0.3 is 6.36 Å². The van der Waals surface area contributed by atoms with Gasteiger partial charge in [-0.1, -0.05) is 18.2 Å². The Balaban J connectivity index is 1.72. The summed E-state index contributed by atoms with van der Waals surface area (Å²) >= 11 is 0. The lowest BCUT2D eigenvalue weighted by molar-refractivity contribution is -0.275. The minimum absolute atomic E-state index is 0.0517. The Morgan fingerprint density at radius 3 is 2.71 bits per heavy atom. The molecule has 0 unspecified atom stereocenters. The Morgan fingerprint density at radius 2 is 2.00 bits per heavy atom. The van der Waals surface area contributed by atoms with Crippen LogP contribution in [0.3, 0.4) is 0 Å². The first kappa shape index (κ1) is 17.1. The highest BCUT2D eigenvalue weighted by molar-refractivity contribution is 5.76. The summed E-state index contributed by atoms with van der Waals surface area (Å²) in [4.78, 5) is 14.0. The van der Waals surface area contributed by atoms with Crippen LogP contribution < -0.4 is 4.74 Å². The summed E-state index contributed by atoms with van der Waals surface area (Å²) in [5.74, 6) is -0.307. The summed E-state index contributed by atoms with van der Waals surface area (Å²) in [7, 11) is 0. The topological polar surface area (TPSA) is 38.8 Å². The molecule has 2 aliphatic heterocycles. The average Bonchev–Trinajstić information content (AvgIpc) is 2.92. The van der Waals surface area contributed by atoms with Crippen molar-refractivity contribution in [3.8, 4) is 5.75 Å². The molecule has 2 heterocycles. The van der Waals surface area contributed by atoms with Crippen molar-refractivity contribution in [2.45, 2.75) is 50.6 Å². The lowest BCUT2D eigenvalue weighted by Crippen LogP contribution is -2.32. The first-order valence-corrected chi connectivity index (χ1v) is 8.12. The highest BCUT2D eigenvalue weighted by Crippen LogP contribution is 2.36. The summed E-state index contributed by atoms with van der Waals surface area (Å²) in [6.07, 6.45) is -1.04. The van der Waals surface area contributed by atoms with E-state index >= 15 is 0 Å². The molecule has 1 atom stereocenters. The zero-order valence-electron chi connectivity index (χ0n) is 13.3. The normalized spacial score (nSPS) is 25.1. The number of hydrogen-bond acceptors (Lipinski definition) is 3. The molecule has 0 aromatic heterocycles. The molecule has 0 aliphatic carbocycles. The zero-order chi connectivity index (χ0) is 17.2. The molecule has 1 spiro atoms. The van der Waals surface area contributed by atoms with Crippen LogP contribution in [0.15, 0.2) is 24.3 Å². The van der Waals surface area contributed by atoms with Crippen molar-refractivity contribution in [3.63, 3.8) is 0 Å². The molecule has 4 nitrogen and oxygen atoms in total. The number of rotatable bonds is 3. The van der Waals surface area contributed by atoms with E-state index in [1.54, 1.807) is 17.0 Å². The number of carbonyl (C=O) groups excluding carboxylic acids is 1. The van der Waals surface area contributed by atoms with E-state index in [-0.39, 0.29) is 23.8 Å². The van der Waals surface area contributed by atoms with Crippen LogP contribution >= 0.6 is 0 Å². The van der Waals surface area contributed by atoms with Crippen molar-refractivity contribution in [3.05, 3.63) is 29.8 Å². The Bertz CT molecular complexity index is 597. The van der Waals surface area contributed by atoms with Gasteiger partial charge in [0, 0.05) is 31.7 Å². The van der Waals surface area contributed by atoms with Crippen molar-refractivity contribution in [2.75, 3.05) is 13.2 Å². The molecule has 24 heavy (non-hydrogen) atoms. The van der Waals surface area contributed by atoms with E-state index in [1.165, 1.54) is 12.1 Å². The van der Waals surface area contributed by atoms with Crippen molar-refractivity contribution in [1.29, 1.82) is 0 Å². The molecule has 0 radical (unpaired) electrons. The highest BCUT2D eigenvalue weighted by atomic mass is 19.4. The third-order valence-electron chi connectivity index (χ3n) is 4.73. The average molecular weight is 343 g/mol. The van der Waals surface area contributed by atoms with Gasteiger partial charge in [0.15, 0.2) is 0 Å². The molecule has 1 aromatic carbocycles. The Hall–Kier alpha value is -1.76. The number of benzene rings is 1. The monoisotopic (exact) mass is 343 g/mol. The maximum absolute atomic E-state index is 12.5. The Kier molecular flexibility index (Phi) is 4.71. The van der Waals surface area contributed by atoms with Gasteiger partial charge in [-0.05, 0) is 31.7 Å². The fourth-order valence-electron chi connectivity index (χ4n) is 3.46. The molecular formula is C17H20F3NO3. The molecule has 0 saturated carbocycles. The van der Waals surface area contributed by atoms with Crippen molar-refractivity contribution >= 4 is 5.91 Å². The smallest absolute Gasteiger partial charge is 0.405 e. The molecule has 0 N–H and O–H groups in total. The van der Waals surface area contributed by atoms with Gasteiger partial charge in [0.1, 0.15) is 5.75 Å². The molecule has 0 bridgehead atoms. The van der Waals surface area contributed by atoms with Crippen LogP contribution in [-0.4, -0.2) is 35.9 Å². The maximum atomic E-state index is 12.5. The van der Waals surface area contributed by atoms with E-state index in [1.807, 2.05) is 0 Å². The number of hydrogen-bond donors (Lipinski definition) is 0. The van der Waals surface area contributed by atoms with Crippen LogP contribution in [0.1, 0.15) is 37.7 Å². The fourth-order valence-corrected chi connectivity index (χ4v) is 3.46. The number of amides is 1. The number of alkyl halides is 3. The molecule has 2 aliphatic rings. The van der Waals surface area contributed by atoms with Gasteiger partial charge in [-0.15, -0.1) is 13.2 Å². The van der Waals surface area contributed by atoms with Gasteiger partial charge in [-0.2, -0.15) is 0 Å². The molecular weight excluding hydrogens is 323 g/mol. The van der Waals surface area contributed by atoms with Crippen LogP contribution in [0, 0.1) is 0 Å². The third kappa shape index (κ3) is 4.01. The highest BCUT2D eigenvalue weighted by Gasteiger charge is 2.39. The Morgan fingerprint density at radius 1 is 1.21 bits per heavy atom. The molecule has 1 aromatic rings. The van der Waals surface area contributed by atoms with Crippen LogP contribution in [0.25, 0.3) is 0 Å². The summed E-state index contributed by atoms with van der Waals surface area (Å²) in [6.45, 7) is 1.32. The quantitative estimate of drug-likeness (QED) is 0.841. The van der Waals surface area contributed by atoms with E-state index in [2.05, 4.69) is 4.74 Å². The van der Waals surface area contributed by atoms with Gasteiger partial charge in [-0.3, -0.25) is 4.79 Å². The lowest BCUT2D eigenvalue weighted by atomic mass is 9.92. The van der Waals surface area contributed by atoms with E-state index < -0.39 is 6.36 Å². The SMILES string of the molecule is O=C1CC[C@@]2(CCCO2)CCN1Cc1ccccc1OC(F)(F)F. The van der Waals surface area contributed by atoms with Crippen LogP contribution in [0.2, 0.25) is 0 Å². The molecule has 7 heteroatoms. The fraction of sp³-hybridized carbons (Fsp3) is 0.588. The number of ether oxygens (including phenoxy) is 2. The van der Waals surface area contributed by atoms with Crippen molar-refractivity contribution in [2.24, 2.45) is 0 Å². The summed E-state index contributed by atoms with van der Waals surface area (Å²) in [6, 6.07) is 5.95. The standard InChI is InChI=1S/C17H20F3NO3/c18-17(19,20)24-14-5-2-1-4-13(14)12-21-10-9-16(7-3-11-23-16)8-6-15(21)22/h1-2,4-5H,3,6-12H2/t16-/m0/s1. The maximum Gasteiger partial charge on any atom is 0.573 e.